The van der Waals surface area contributed by atoms with Crippen LogP contribution in [0.4, 0.5) is 0 Å². The van der Waals surface area contributed by atoms with E-state index >= 15 is 0 Å². The van der Waals surface area contributed by atoms with E-state index in [1.807, 2.05) is 38.1 Å². The molecule has 0 bridgehead atoms. The molecule has 4 rings (SSSR count). The molecule has 4 N–H and O–H groups in total. The first kappa shape index (κ1) is 23.2. The molecule has 4 aromatic heterocycles. The first-order chi connectivity index (χ1) is 14.9. The Morgan fingerprint density at radius 3 is 1.34 bits per heavy atom. The molecular weight excluding hydrogens is 490 g/mol. The molecule has 0 aliphatic carbocycles. The fourth-order valence-corrected chi connectivity index (χ4v) is 6.86. The molecule has 8 nitrogen and oxygen atoms in total. The average Bonchev–Trinajstić information content (AvgIpc) is 3.36. The van der Waals surface area contributed by atoms with Crippen molar-refractivity contribution in [2.45, 2.75) is 13.8 Å². The molecule has 0 unspecified atom stereocenters. The van der Waals surface area contributed by atoms with Crippen molar-refractivity contribution >= 4 is 48.5 Å². The normalized spacial score (nSPS) is 12.3. The van der Waals surface area contributed by atoms with E-state index in [0.29, 0.717) is 32.5 Å². The van der Waals surface area contributed by atoms with Crippen molar-refractivity contribution in [3.05, 3.63) is 58.5 Å². The second-order valence-corrected chi connectivity index (χ2v) is 12.2. The summed E-state index contributed by atoms with van der Waals surface area (Å²) in [7, 11) is -8.66. The Bertz CT molecular complexity index is 1310. The fourth-order valence-electron chi connectivity index (χ4n) is 3.14. The summed E-state index contributed by atoms with van der Waals surface area (Å²) in [6.07, 6.45) is 0. The summed E-state index contributed by atoms with van der Waals surface area (Å²) < 4.78 is 23.1. The number of nitrogens with zero attached hydrogens (tertiary/aromatic N) is 2. The third-order valence-electron chi connectivity index (χ3n) is 4.58. The Labute approximate surface area is 191 Å². The summed E-state index contributed by atoms with van der Waals surface area (Å²) in [5.74, 6) is 0. The molecule has 0 amide bonds. The van der Waals surface area contributed by atoms with E-state index in [4.69, 9.17) is 0 Å². The maximum atomic E-state index is 11.5. The van der Waals surface area contributed by atoms with E-state index < -0.39 is 15.2 Å². The summed E-state index contributed by atoms with van der Waals surface area (Å²) in [5, 5.41) is 2.85. The predicted molar refractivity (Wildman–Crippen MR) is 127 cm³/mol. The molecule has 32 heavy (non-hydrogen) atoms. The molecule has 12 heteroatoms. The summed E-state index contributed by atoms with van der Waals surface area (Å²) in [4.78, 5) is 48.2. The molecular formula is C20H18N2O6P2S2. The van der Waals surface area contributed by atoms with Gasteiger partial charge >= 0.3 is 15.2 Å². The van der Waals surface area contributed by atoms with Crippen LogP contribution in [0.15, 0.2) is 47.2 Å². The fraction of sp³-hybridized carbons (Fsp3) is 0.100. The summed E-state index contributed by atoms with van der Waals surface area (Å²) in [5.41, 5.74) is 4.14. The molecule has 4 aromatic rings. The maximum Gasteiger partial charge on any atom is 0.357 e. The average molecular weight is 508 g/mol. The van der Waals surface area contributed by atoms with Gasteiger partial charge in [0.2, 0.25) is 0 Å². The number of pyridine rings is 2. The van der Waals surface area contributed by atoms with E-state index in [1.54, 1.807) is 0 Å². The van der Waals surface area contributed by atoms with Crippen molar-refractivity contribution in [3.8, 4) is 32.3 Å². The van der Waals surface area contributed by atoms with Crippen LogP contribution in [0.25, 0.3) is 32.3 Å². The zero-order chi connectivity index (χ0) is 23.3. The highest BCUT2D eigenvalue weighted by Crippen LogP contribution is 2.39. The maximum absolute atomic E-state index is 11.5. The zero-order valence-corrected chi connectivity index (χ0v) is 20.3. The SMILES string of the molecule is Cc1cc(-c2cc(P(=O)(O)O)cs2)cc(-c2cc(-c3cc(P(=O)(O)O)cs3)cc(C)n2)n1. The molecule has 0 aliphatic heterocycles. The van der Waals surface area contributed by atoms with Crippen LogP contribution < -0.4 is 10.6 Å². The summed E-state index contributed by atoms with van der Waals surface area (Å²) in [6, 6.07) is 10.2. The van der Waals surface area contributed by atoms with E-state index in [-0.39, 0.29) is 10.6 Å². The second kappa shape index (κ2) is 8.41. The van der Waals surface area contributed by atoms with Crippen molar-refractivity contribution in [2.75, 3.05) is 0 Å². The van der Waals surface area contributed by atoms with Gasteiger partial charge in [-0.05, 0) is 61.4 Å². The largest absolute Gasteiger partial charge is 0.357 e. The minimum atomic E-state index is -4.33. The molecule has 0 saturated carbocycles. The molecule has 0 saturated heterocycles. The minimum absolute atomic E-state index is 0.0250. The molecule has 166 valence electrons. The van der Waals surface area contributed by atoms with Gasteiger partial charge in [-0.3, -0.25) is 19.1 Å². The molecule has 4 heterocycles. The number of hydrogen-bond donors (Lipinski definition) is 4. The number of aryl methyl sites for hydroxylation is 2. The van der Waals surface area contributed by atoms with E-state index in [9.17, 15) is 28.7 Å². The molecule has 0 atom stereocenters. The monoisotopic (exact) mass is 508 g/mol. The van der Waals surface area contributed by atoms with Crippen LogP contribution in [0.5, 0.6) is 0 Å². The lowest BCUT2D eigenvalue weighted by Crippen LogP contribution is -1.98. The molecule has 0 spiro atoms. The highest BCUT2D eigenvalue weighted by atomic mass is 32.1. The van der Waals surface area contributed by atoms with Crippen LogP contribution in [0, 0.1) is 13.8 Å². The third-order valence-corrected chi connectivity index (χ3v) is 8.75. The molecule has 0 aliphatic rings. The van der Waals surface area contributed by atoms with Crippen LogP contribution in [-0.4, -0.2) is 29.5 Å². The van der Waals surface area contributed by atoms with Crippen molar-refractivity contribution in [2.24, 2.45) is 0 Å². The molecule has 0 fully saturated rings. The van der Waals surface area contributed by atoms with Gasteiger partial charge in [-0.1, -0.05) is 0 Å². The van der Waals surface area contributed by atoms with Crippen LogP contribution in [-0.2, 0) is 9.13 Å². The Morgan fingerprint density at radius 2 is 1.03 bits per heavy atom. The lowest BCUT2D eigenvalue weighted by Gasteiger charge is -2.08. The number of thiophene rings is 2. The van der Waals surface area contributed by atoms with Gasteiger partial charge in [-0.25, -0.2) is 0 Å². The van der Waals surface area contributed by atoms with Gasteiger partial charge in [0, 0.05) is 31.9 Å². The van der Waals surface area contributed by atoms with Gasteiger partial charge in [-0.15, -0.1) is 22.7 Å². The highest BCUT2D eigenvalue weighted by molar-refractivity contribution is 7.61. The standard InChI is InChI=1S/C20H18N2O6P2S2/c1-11-3-13(19-7-15(9-31-19)29(23,24)25)5-17(21-11)18-6-14(4-12(2)22-18)20-8-16(10-32-20)30(26,27)28/h3-10H,1-2H3,(H2,23,24,25)(H2,26,27,28). The van der Waals surface area contributed by atoms with Crippen molar-refractivity contribution in [1.82, 2.24) is 9.97 Å². The van der Waals surface area contributed by atoms with Gasteiger partial charge < -0.3 is 19.6 Å². The van der Waals surface area contributed by atoms with E-state index in [1.165, 1.54) is 45.6 Å². The Balaban J connectivity index is 1.77. The highest BCUT2D eigenvalue weighted by Gasteiger charge is 2.21. The summed E-state index contributed by atoms with van der Waals surface area (Å²) >= 11 is 2.48. The zero-order valence-electron chi connectivity index (χ0n) is 16.8. The lowest BCUT2D eigenvalue weighted by atomic mass is 10.1. The van der Waals surface area contributed by atoms with Crippen LogP contribution in [0.1, 0.15) is 11.4 Å². The van der Waals surface area contributed by atoms with Crippen LogP contribution in [0.2, 0.25) is 0 Å². The lowest BCUT2D eigenvalue weighted by molar-refractivity contribution is 0.385. The topological polar surface area (TPSA) is 141 Å². The van der Waals surface area contributed by atoms with E-state index in [2.05, 4.69) is 9.97 Å². The molecule has 0 radical (unpaired) electrons. The number of hydrogen-bond acceptors (Lipinski definition) is 6. The van der Waals surface area contributed by atoms with Gasteiger partial charge in [0.25, 0.3) is 0 Å². The van der Waals surface area contributed by atoms with Gasteiger partial charge in [-0.2, -0.15) is 0 Å². The van der Waals surface area contributed by atoms with Crippen LogP contribution in [0.3, 0.4) is 0 Å². The predicted octanol–water partition coefficient (Wildman–Crippen LogP) is 3.82. The van der Waals surface area contributed by atoms with Crippen molar-refractivity contribution in [1.29, 1.82) is 0 Å². The molecule has 0 aromatic carbocycles. The minimum Gasteiger partial charge on any atom is -0.321 e. The number of rotatable bonds is 5. The summed E-state index contributed by atoms with van der Waals surface area (Å²) in [6.45, 7) is 3.65. The van der Waals surface area contributed by atoms with Crippen molar-refractivity contribution in [3.63, 3.8) is 0 Å². The smallest absolute Gasteiger partial charge is 0.321 e. The second-order valence-electron chi connectivity index (χ2n) is 7.19. The Kier molecular flexibility index (Phi) is 6.09. The van der Waals surface area contributed by atoms with E-state index in [0.717, 1.165) is 11.1 Å². The Morgan fingerprint density at radius 1 is 0.656 bits per heavy atom. The first-order valence-corrected chi connectivity index (χ1v) is 14.2. The van der Waals surface area contributed by atoms with Gasteiger partial charge in [0.15, 0.2) is 0 Å². The van der Waals surface area contributed by atoms with Gasteiger partial charge in [0.1, 0.15) is 0 Å². The van der Waals surface area contributed by atoms with Crippen LogP contribution >= 0.6 is 37.9 Å². The Hall–Kier alpha value is -2.00. The van der Waals surface area contributed by atoms with Crippen molar-refractivity contribution < 1.29 is 28.7 Å². The quantitative estimate of drug-likeness (QED) is 0.298. The first-order valence-electron chi connectivity index (χ1n) is 9.18. The van der Waals surface area contributed by atoms with Gasteiger partial charge in [0.05, 0.1) is 22.0 Å². The third kappa shape index (κ3) is 4.98. The number of aromatic nitrogens is 2.